The van der Waals surface area contributed by atoms with Gasteiger partial charge >= 0.3 is 0 Å². The molecule has 1 aliphatic heterocycles. The van der Waals surface area contributed by atoms with E-state index in [-0.39, 0.29) is 0 Å². The quantitative estimate of drug-likeness (QED) is 0.726. The fourth-order valence-corrected chi connectivity index (χ4v) is 3.15. The van der Waals surface area contributed by atoms with E-state index in [0.717, 1.165) is 55.3 Å². The summed E-state index contributed by atoms with van der Waals surface area (Å²) in [5, 5.41) is 12.1. The average molecular weight is 323 g/mol. The molecule has 0 saturated carbocycles. The van der Waals surface area contributed by atoms with E-state index in [1.807, 2.05) is 12.1 Å². The van der Waals surface area contributed by atoms with Crippen LogP contribution in [0.25, 0.3) is 11.2 Å². The van der Waals surface area contributed by atoms with Gasteiger partial charge in [0.25, 0.3) is 0 Å². The molecule has 0 radical (unpaired) electrons. The molecule has 0 bridgehead atoms. The van der Waals surface area contributed by atoms with Gasteiger partial charge in [0.05, 0.1) is 0 Å². The van der Waals surface area contributed by atoms with Crippen LogP contribution in [0.15, 0.2) is 24.5 Å². The second kappa shape index (κ2) is 6.90. The number of hydrogen-bond acceptors (Lipinski definition) is 6. The van der Waals surface area contributed by atoms with Gasteiger partial charge in [0.1, 0.15) is 23.0 Å². The lowest BCUT2D eigenvalue weighted by Crippen LogP contribution is -2.09. The van der Waals surface area contributed by atoms with Crippen molar-refractivity contribution >= 4 is 17.0 Å². The highest BCUT2D eigenvalue weighted by Crippen LogP contribution is 2.15. The standard InChI is InChI=1S/C17H21N7/c1-2-5-15-22-23-16(24(15)12-3-1)6-4-9-19-14-8-7-13-17(21-14)20-11-10-18-13/h7-8,10-11H,1-6,9,12H2,(H,19,20,21). The van der Waals surface area contributed by atoms with Gasteiger partial charge in [0.2, 0.25) is 0 Å². The van der Waals surface area contributed by atoms with Gasteiger partial charge in [-0.2, -0.15) is 0 Å². The molecule has 7 nitrogen and oxygen atoms in total. The maximum atomic E-state index is 4.47. The summed E-state index contributed by atoms with van der Waals surface area (Å²) in [5.74, 6) is 3.11. The van der Waals surface area contributed by atoms with Gasteiger partial charge in [-0.15, -0.1) is 10.2 Å². The molecular weight excluding hydrogens is 302 g/mol. The van der Waals surface area contributed by atoms with E-state index in [2.05, 4.69) is 35.0 Å². The van der Waals surface area contributed by atoms with Crippen molar-refractivity contribution in [2.45, 2.75) is 45.1 Å². The molecule has 3 aromatic heterocycles. The topological polar surface area (TPSA) is 81.4 Å². The lowest BCUT2D eigenvalue weighted by atomic mass is 10.2. The lowest BCUT2D eigenvalue weighted by molar-refractivity contribution is 0.599. The molecule has 1 N–H and O–H groups in total. The number of anilines is 1. The van der Waals surface area contributed by atoms with Crippen molar-refractivity contribution in [1.29, 1.82) is 0 Å². The van der Waals surface area contributed by atoms with Crippen LogP contribution in [0.2, 0.25) is 0 Å². The SMILES string of the molecule is c1cnc2nc(NCCCc3nnc4n3CCCCC4)ccc2n1. The minimum atomic E-state index is 0.672. The molecule has 0 unspecified atom stereocenters. The molecule has 0 spiro atoms. The van der Waals surface area contributed by atoms with E-state index in [1.165, 1.54) is 19.3 Å². The second-order valence-electron chi connectivity index (χ2n) is 6.12. The largest absolute Gasteiger partial charge is 0.370 e. The minimum Gasteiger partial charge on any atom is -0.370 e. The van der Waals surface area contributed by atoms with Crippen molar-refractivity contribution in [2.75, 3.05) is 11.9 Å². The van der Waals surface area contributed by atoms with Crippen molar-refractivity contribution in [3.63, 3.8) is 0 Å². The summed E-state index contributed by atoms with van der Waals surface area (Å²) in [6.07, 6.45) is 10.1. The van der Waals surface area contributed by atoms with E-state index in [1.54, 1.807) is 12.4 Å². The Morgan fingerprint density at radius 3 is 3.00 bits per heavy atom. The Hall–Kier alpha value is -2.57. The third-order valence-electron chi connectivity index (χ3n) is 4.40. The Balaban J connectivity index is 1.33. The number of fused-ring (bicyclic) bond motifs is 2. The smallest absolute Gasteiger partial charge is 0.180 e. The predicted molar refractivity (Wildman–Crippen MR) is 91.7 cm³/mol. The summed E-state index contributed by atoms with van der Waals surface area (Å²) in [6.45, 7) is 1.91. The molecule has 24 heavy (non-hydrogen) atoms. The van der Waals surface area contributed by atoms with Gasteiger partial charge in [-0.25, -0.2) is 9.97 Å². The summed E-state index contributed by atoms with van der Waals surface area (Å²) in [4.78, 5) is 12.9. The van der Waals surface area contributed by atoms with Crippen LogP contribution in [-0.4, -0.2) is 36.3 Å². The number of hydrogen-bond donors (Lipinski definition) is 1. The highest BCUT2D eigenvalue weighted by molar-refractivity contribution is 5.71. The van der Waals surface area contributed by atoms with Crippen LogP contribution in [0.3, 0.4) is 0 Å². The van der Waals surface area contributed by atoms with Gasteiger partial charge in [0.15, 0.2) is 5.65 Å². The van der Waals surface area contributed by atoms with E-state index in [0.29, 0.717) is 5.65 Å². The highest BCUT2D eigenvalue weighted by Gasteiger charge is 2.14. The second-order valence-corrected chi connectivity index (χ2v) is 6.12. The number of nitrogens with one attached hydrogen (secondary N) is 1. The van der Waals surface area contributed by atoms with Crippen LogP contribution in [0.5, 0.6) is 0 Å². The Kier molecular flexibility index (Phi) is 4.31. The fraction of sp³-hybridized carbons (Fsp3) is 0.471. The number of rotatable bonds is 5. The van der Waals surface area contributed by atoms with E-state index in [4.69, 9.17) is 0 Å². The highest BCUT2D eigenvalue weighted by atomic mass is 15.3. The number of aromatic nitrogens is 6. The minimum absolute atomic E-state index is 0.672. The predicted octanol–water partition coefficient (Wildman–Crippen LogP) is 2.39. The van der Waals surface area contributed by atoms with Crippen molar-refractivity contribution in [3.05, 3.63) is 36.2 Å². The van der Waals surface area contributed by atoms with Crippen molar-refractivity contribution in [2.24, 2.45) is 0 Å². The third kappa shape index (κ3) is 3.20. The molecule has 7 heteroatoms. The molecule has 1 aliphatic rings. The first-order valence-corrected chi connectivity index (χ1v) is 8.63. The van der Waals surface area contributed by atoms with E-state index >= 15 is 0 Å². The normalized spacial score (nSPS) is 14.3. The molecular formula is C17H21N7. The maximum absolute atomic E-state index is 4.47. The number of aryl methyl sites for hydroxylation is 2. The van der Waals surface area contributed by atoms with Crippen LogP contribution >= 0.6 is 0 Å². The Morgan fingerprint density at radius 1 is 1.04 bits per heavy atom. The Bertz CT molecular complexity index is 827. The molecule has 0 amide bonds. The molecule has 0 fully saturated rings. The monoisotopic (exact) mass is 323 g/mol. The van der Waals surface area contributed by atoms with Crippen molar-refractivity contribution in [3.8, 4) is 0 Å². The van der Waals surface area contributed by atoms with Gasteiger partial charge in [-0.05, 0) is 31.4 Å². The van der Waals surface area contributed by atoms with Crippen LogP contribution in [0.4, 0.5) is 5.82 Å². The zero-order valence-electron chi connectivity index (χ0n) is 13.6. The zero-order valence-corrected chi connectivity index (χ0v) is 13.6. The number of nitrogens with zero attached hydrogens (tertiary/aromatic N) is 6. The van der Waals surface area contributed by atoms with Crippen LogP contribution in [0.1, 0.15) is 37.3 Å². The first-order valence-electron chi connectivity index (χ1n) is 8.63. The maximum Gasteiger partial charge on any atom is 0.180 e. The molecule has 4 heterocycles. The first-order chi connectivity index (χ1) is 11.9. The van der Waals surface area contributed by atoms with E-state index < -0.39 is 0 Å². The fourth-order valence-electron chi connectivity index (χ4n) is 3.15. The zero-order chi connectivity index (χ0) is 16.2. The van der Waals surface area contributed by atoms with Crippen LogP contribution in [-0.2, 0) is 19.4 Å². The molecule has 124 valence electrons. The molecule has 4 rings (SSSR count). The molecule has 0 aliphatic carbocycles. The first kappa shape index (κ1) is 15.0. The molecule has 3 aromatic rings. The van der Waals surface area contributed by atoms with E-state index in [9.17, 15) is 0 Å². The van der Waals surface area contributed by atoms with Crippen LogP contribution < -0.4 is 5.32 Å². The average Bonchev–Trinajstić information content (AvgIpc) is 2.85. The van der Waals surface area contributed by atoms with Gasteiger partial charge < -0.3 is 9.88 Å². The van der Waals surface area contributed by atoms with Gasteiger partial charge in [-0.1, -0.05) is 6.42 Å². The summed E-state index contributed by atoms with van der Waals surface area (Å²) in [7, 11) is 0. The van der Waals surface area contributed by atoms with Crippen molar-refractivity contribution in [1.82, 2.24) is 29.7 Å². The summed E-state index contributed by atoms with van der Waals surface area (Å²) in [5.41, 5.74) is 1.49. The molecule has 0 atom stereocenters. The van der Waals surface area contributed by atoms with Gasteiger partial charge in [0, 0.05) is 38.3 Å². The number of pyridine rings is 1. The third-order valence-corrected chi connectivity index (χ3v) is 4.40. The Morgan fingerprint density at radius 2 is 2.00 bits per heavy atom. The van der Waals surface area contributed by atoms with Gasteiger partial charge in [-0.3, -0.25) is 4.98 Å². The summed E-state index contributed by atoms with van der Waals surface area (Å²) in [6, 6.07) is 3.89. The van der Waals surface area contributed by atoms with Crippen molar-refractivity contribution < 1.29 is 0 Å². The molecule has 0 saturated heterocycles. The summed E-state index contributed by atoms with van der Waals surface area (Å²) >= 11 is 0. The Labute approximate surface area is 140 Å². The van der Waals surface area contributed by atoms with Crippen LogP contribution in [0, 0.1) is 0 Å². The summed E-state index contributed by atoms with van der Waals surface area (Å²) < 4.78 is 2.32. The lowest BCUT2D eigenvalue weighted by Gasteiger charge is -2.08. The molecule has 0 aromatic carbocycles.